The number of likely N-dealkylation sites (tertiary alicyclic amines) is 1. The van der Waals surface area contributed by atoms with Gasteiger partial charge in [0, 0.05) is 38.3 Å². The summed E-state index contributed by atoms with van der Waals surface area (Å²) in [5, 5.41) is 6.83. The molecule has 0 aromatic carbocycles. The van der Waals surface area contributed by atoms with Gasteiger partial charge in [0.1, 0.15) is 5.56 Å². The van der Waals surface area contributed by atoms with E-state index < -0.39 is 11.7 Å². The largest absolute Gasteiger partial charge is 0.381 e. The molecule has 0 spiro atoms. The fourth-order valence-corrected chi connectivity index (χ4v) is 4.56. The minimum absolute atomic E-state index is 0.0397. The number of rotatable bonds is 4. The van der Waals surface area contributed by atoms with Crippen molar-refractivity contribution in [3.8, 4) is 0 Å². The molecule has 0 unspecified atom stereocenters. The highest BCUT2D eigenvalue weighted by Gasteiger charge is 2.31. The maximum atomic E-state index is 13.4. The van der Waals surface area contributed by atoms with E-state index in [1.54, 1.807) is 12.4 Å². The van der Waals surface area contributed by atoms with Gasteiger partial charge in [0.25, 0.3) is 5.91 Å². The number of carbonyl (C=O) groups excluding carboxylic acids is 2. The fraction of sp³-hybridized carbons (Fsp3) is 0.381. The van der Waals surface area contributed by atoms with Crippen LogP contribution in [0.25, 0.3) is 5.65 Å². The van der Waals surface area contributed by atoms with Crippen LogP contribution < -0.4 is 16.0 Å². The van der Waals surface area contributed by atoms with Crippen LogP contribution in [0.1, 0.15) is 36.0 Å². The molecule has 2 fully saturated rings. The molecule has 11 heteroatoms. The van der Waals surface area contributed by atoms with Crippen molar-refractivity contribution in [2.75, 3.05) is 35.6 Å². The highest BCUT2D eigenvalue weighted by atomic mass is 19.1. The lowest BCUT2D eigenvalue weighted by Gasteiger charge is -2.38. The number of hydrogen-bond acceptors (Lipinski definition) is 7. The molecular formula is C21H23FN8O2. The number of nitrogen functional groups attached to an aromatic ring is 1. The quantitative estimate of drug-likeness (QED) is 0.636. The Morgan fingerprint density at radius 2 is 2.03 bits per heavy atom. The highest BCUT2D eigenvalue weighted by molar-refractivity contribution is 6.12. The summed E-state index contributed by atoms with van der Waals surface area (Å²) in [4.78, 5) is 37.4. The van der Waals surface area contributed by atoms with Crippen molar-refractivity contribution in [1.29, 1.82) is 0 Å². The van der Waals surface area contributed by atoms with Gasteiger partial charge >= 0.3 is 0 Å². The Balaban J connectivity index is 1.34. The number of halogens is 1. The summed E-state index contributed by atoms with van der Waals surface area (Å²) >= 11 is 0. The summed E-state index contributed by atoms with van der Waals surface area (Å²) in [6.45, 7) is 2.38. The Bertz CT molecular complexity index is 1190. The van der Waals surface area contributed by atoms with Gasteiger partial charge in [-0.3, -0.25) is 14.6 Å². The molecule has 3 N–H and O–H groups in total. The Hall–Kier alpha value is -3.76. The molecule has 0 saturated carbocycles. The van der Waals surface area contributed by atoms with Gasteiger partial charge in [-0.25, -0.2) is 13.9 Å². The smallest absolute Gasteiger partial charge is 0.263 e. The number of fused-ring (bicyclic) bond motifs is 1. The Labute approximate surface area is 183 Å². The lowest BCUT2D eigenvalue weighted by atomic mass is 10.0. The molecular weight excluding hydrogens is 415 g/mol. The molecule has 3 aromatic heterocycles. The van der Waals surface area contributed by atoms with Crippen molar-refractivity contribution < 1.29 is 14.0 Å². The molecule has 166 valence electrons. The standard InChI is InChI=1S/C21H23FN8O2/c22-13-10-25-20-18(19(23)27-30(20)12-13)21(32)26-15-11-24-6-3-16(15)28-8-4-14(5-9-28)29-7-1-2-17(29)31/h3,6,10-12,14H,1-2,4-5,7-9H2,(H2,23,27)(H,26,32). The van der Waals surface area contributed by atoms with E-state index in [0.29, 0.717) is 12.1 Å². The number of nitrogens with zero attached hydrogens (tertiary/aromatic N) is 6. The lowest BCUT2D eigenvalue weighted by Crippen LogP contribution is -2.45. The SMILES string of the molecule is Nc1nn2cc(F)cnc2c1C(=O)Nc1cnccc1N1CCC(N2CCCC2=O)CC1. The van der Waals surface area contributed by atoms with Gasteiger partial charge in [-0.2, -0.15) is 0 Å². The average Bonchev–Trinajstić information content (AvgIpc) is 3.36. The second kappa shape index (κ2) is 8.06. The van der Waals surface area contributed by atoms with Crippen molar-refractivity contribution in [2.24, 2.45) is 0 Å². The lowest BCUT2D eigenvalue weighted by molar-refractivity contribution is -0.130. The van der Waals surface area contributed by atoms with Gasteiger partial charge < -0.3 is 20.9 Å². The third-order valence-electron chi connectivity index (χ3n) is 6.10. The van der Waals surface area contributed by atoms with Crippen molar-refractivity contribution in [3.05, 3.63) is 42.2 Å². The molecule has 5 rings (SSSR count). The van der Waals surface area contributed by atoms with Gasteiger partial charge in [-0.1, -0.05) is 0 Å². The summed E-state index contributed by atoms with van der Waals surface area (Å²) in [5.74, 6) is -0.870. The molecule has 32 heavy (non-hydrogen) atoms. The number of hydrogen-bond donors (Lipinski definition) is 2. The predicted molar refractivity (Wildman–Crippen MR) is 116 cm³/mol. The zero-order valence-electron chi connectivity index (χ0n) is 17.4. The second-order valence-electron chi connectivity index (χ2n) is 8.06. The summed E-state index contributed by atoms with van der Waals surface area (Å²) in [5.41, 5.74) is 7.53. The zero-order valence-corrected chi connectivity index (χ0v) is 17.4. The van der Waals surface area contributed by atoms with E-state index in [-0.39, 0.29) is 29.0 Å². The first-order chi connectivity index (χ1) is 15.5. The maximum Gasteiger partial charge on any atom is 0.263 e. The predicted octanol–water partition coefficient (Wildman–Crippen LogP) is 1.69. The van der Waals surface area contributed by atoms with Crippen LogP contribution in [0.2, 0.25) is 0 Å². The number of carbonyl (C=O) groups is 2. The van der Waals surface area contributed by atoms with Crippen LogP contribution in [0.4, 0.5) is 21.6 Å². The number of amides is 2. The third kappa shape index (κ3) is 3.59. The van der Waals surface area contributed by atoms with Crippen molar-refractivity contribution >= 4 is 34.7 Å². The van der Waals surface area contributed by atoms with Crippen molar-refractivity contribution in [2.45, 2.75) is 31.7 Å². The highest BCUT2D eigenvalue weighted by Crippen LogP contribution is 2.30. The first-order valence-corrected chi connectivity index (χ1v) is 10.6. The Kier molecular flexibility index (Phi) is 5.08. The van der Waals surface area contributed by atoms with Gasteiger partial charge in [0.2, 0.25) is 5.91 Å². The fourth-order valence-electron chi connectivity index (χ4n) is 4.56. The molecule has 2 aliphatic heterocycles. The van der Waals surface area contributed by atoms with Crippen LogP contribution in [-0.2, 0) is 4.79 Å². The maximum absolute atomic E-state index is 13.4. The number of nitrogens with one attached hydrogen (secondary N) is 1. The van der Waals surface area contributed by atoms with Crippen LogP contribution in [-0.4, -0.2) is 62.0 Å². The molecule has 3 aromatic rings. The number of pyridine rings is 1. The van der Waals surface area contributed by atoms with Crippen LogP contribution in [0, 0.1) is 5.82 Å². The molecule has 2 aliphatic rings. The molecule has 0 bridgehead atoms. The van der Waals surface area contributed by atoms with Crippen molar-refractivity contribution in [3.63, 3.8) is 0 Å². The van der Waals surface area contributed by atoms with Crippen molar-refractivity contribution in [1.82, 2.24) is 24.5 Å². The van der Waals surface area contributed by atoms with Gasteiger partial charge in [-0.05, 0) is 25.3 Å². The monoisotopic (exact) mass is 438 g/mol. The number of anilines is 3. The summed E-state index contributed by atoms with van der Waals surface area (Å²) in [6.07, 6.45) is 8.71. The second-order valence-corrected chi connectivity index (χ2v) is 8.06. The molecule has 0 aliphatic carbocycles. The van der Waals surface area contributed by atoms with Gasteiger partial charge in [0.05, 0.1) is 30.0 Å². The first kappa shape index (κ1) is 20.2. The van der Waals surface area contributed by atoms with Crippen LogP contribution in [0.3, 0.4) is 0 Å². The Morgan fingerprint density at radius 3 is 2.78 bits per heavy atom. The minimum atomic E-state index is -0.583. The van der Waals surface area contributed by atoms with Crippen LogP contribution in [0.5, 0.6) is 0 Å². The molecule has 0 radical (unpaired) electrons. The van der Waals surface area contributed by atoms with E-state index in [1.807, 2.05) is 11.0 Å². The number of nitrogens with two attached hydrogens (primary N) is 1. The molecule has 5 heterocycles. The number of piperidine rings is 1. The van der Waals surface area contributed by atoms with E-state index >= 15 is 0 Å². The minimum Gasteiger partial charge on any atom is -0.381 e. The topological polar surface area (TPSA) is 122 Å². The van der Waals surface area contributed by atoms with Gasteiger partial charge in [-0.15, -0.1) is 5.10 Å². The summed E-state index contributed by atoms with van der Waals surface area (Å²) in [6, 6.07) is 2.12. The van der Waals surface area contributed by atoms with Crippen LogP contribution in [0.15, 0.2) is 30.9 Å². The third-order valence-corrected chi connectivity index (χ3v) is 6.10. The van der Waals surface area contributed by atoms with E-state index in [4.69, 9.17) is 5.73 Å². The Morgan fingerprint density at radius 1 is 1.22 bits per heavy atom. The summed E-state index contributed by atoms with van der Waals surface area (Å²) < 4.78 is 14.6. The molecule has 0 atom stereocenters. The molecule has 2 saturated heterocycles. The molecule has 2 amide bonds. The zero-order chi connectivity index (χ0) is 22.2. The first-order valence-electron chi connectivity index (χ1n) is 10.6. The normalized spacial score (nSPS) is 17.3. The molecule has 10 nitrogen and oxygen atoms in total. The van der Waals surface area contributed by atoms with E-state index in [1.165, 1.54) is 0 Å². The van der Waals surface area contributed by atoms with Crippen LogP contribution >= 0.6 is 0 Å². The number of aromatic nitrogens is 4. The summed E-state index contributed by atoms with van der Waals surface area (Å²) in [7, 11) is 0. The average molecular weight is 438 g/mol. The van der Waals surface area contributed by atoms with E-state index in [0.717, 1.165) is 61.5 Å². The van der Waals surface area contributed by atoms with Gasteiger partial charge in [0.15, 0.2) is 17.3 Å². The van der Waals surface area contributed by atoms with E-state index in [9.17, 15) is 14.0 Å². The van der Waals surface area contributed by atoms with E-state index in [2.05, 4.69) is 25.3 Å².